The fourth-order valence-corrected chi connectivity index (χ4v) is 1.33. The highest BCUT2D eigenvalue weighted by Gasteiger charge is 2.27. The molecule has 70 valence electrons. The number of carbonyl (C=O) groups excluding carboxylic acids is 2. The molecule has 0 spiro atoms. The van der Waals surface area contributed by atoms with E-state index in [4.69, 9.17) is 0 Å². The molecule has 1 amide bonds. The third-order valence-electron chi connectivity index (χ3n) is 2.03. The summed E-state index contributed by atoms with van der Waals surface area (Å²) in [6.07, 6.45) is 7.00. The molecule has 1 atom stereocenters. The lowest BCUT2D eigenvalue weighted by Gasteiger charge is -2.16. The molecule has 2 aliphatic rings. The Morgan fingerprint density at radius 1 is 1.36 bits per heavy atom. The number of hydrogen-bond acceptors (Lipinski definition) is 3. The van der Waals surface area contributed by atoms with Crippen LogP contribution in [0.3, 0.4) is 0 Å². The van der Waals surface area contributed by atoms with E-state index < -0.39 is 5.92 Å². The zero-order valence-electron chi connectivity index (χ0n) is 7.60. The molecule has 0 aromatic carbocycles. The Kier molecular flexibility index (Phi) is 1.96. The second kappa shape index (κ2) is 3.14. The second-order valence-corrected chi connectivity index (χ2v) is 3.09. The molecule has 0 saturated heterocycles. The topological polar surface area (TPSA) is 58.9 Å². The van der Waals surface area contributed by atoms with Crippen LogP contribution in [0.15, 0.2) is 34.3 Å². The molecular formula is C10H8N2O2. The molecule has 0 fully saturated rings. The number of allylic oxidation sites excluding steroid dienone is 3. The summed E-state index contributed by atoms with van der Waals surface area (Å²) in [5.41, 5.74) is 0.595. The Balaban J connectivity index is 2.43. The molecule has 2 rings (SSSR count). The van der Waals surface area contributed by atoms with Crippen molar-refractivity contribution in [3.63, 3.8) is 0 Å². The van der Waals surface area contributed by atoms with Crippen LogP contribution in [0.2, 0.25) is 0 Å². The molecule has 4 heteroatoms. The maximum Gasteiger partial charge on any atom is 0.260 e. The number of rotatable bonds is 1. The van der Waals surface area contributed by atoms with Crippen molar-refractivity contribution in [3.8, 4) is 0 Å². The van der Waals surface area contributed by atoms with E-state index in [-0.39, 0.29) is 17.5 Å². The van der Waals surface area contributed by atoms with Crippen LogP contribution in [0.25, 0.3) is 0 Å². The third-order valence-corrected chi connectivity index (χ3v) is 2.03. The van der Waals surface area contributed by atoms with Gasteiger partial charge in [-0.1, -0.05) is 18.2 Å². The minimum atomic E-state index is -0.400. The molecule has 0 radical (unpaired) electrons. The van der Waals surface area contributed by atoms with Crippen LogP contribution in [-0.4, -0.2) is 23.2 Å². The monoisotopic (exact) mass is 188 g/mol. The lowest BCUT2D eigenvalue weighted by molar-refractivity contribution is -0.119. The van der Waals surface area contributed by atoms with Gasteiger partial charge in [0.1, 0.15) is 5.92 Å². The van der Waals surface area contributed by atoms with Crippen molar-refractivity contribution in [1.82, 2.24) is 0 Å². The SMILES string of the molecule is CC(=O)C1=NC(=O)C2C=CC=CC2=N1. The summed E-state index contributed by atoms with van der Waals surface area (Å²) in [6, 6.07) is 0. The van der Waals surface area contributed by atoms with Crippen LogP contribution < -0.4 is 0 Å². The smallest absolute Gasteiger partial charge is 0.260 e. The van der Waals surface area contributed by atoms with Crippen molar-refractivity contribution in [2.45, 2.75) is 6.92 Å². The van der Waals surface area contributed by atoms with E-state index in [1.807, 2.05) is 0 Å². The standard InChI is InChI=1S/C10H8N2O2/c1-6(13)9-11-8-5-3-2-4-7(8)10(14)12-9/h2-5,7H,1H3. The molecule has 0 saturated carbocycles. The Hall–Kier alpha value is -1.84. The van der Waals surface area contributed by atoms with E-state index in [2.05, 4.69) is 9.98 Å². The Morgan fingerprint density at radius 2 is 2.14 bits per heavy atom. The van der Waals surface area contributed by atoms with Gasteiger partial charge in [0.25, 0.3) is 5.91 Å². The van der Waals surface area contributed by atoms with Crippen molar-refractivity contribution in [1.29, 1.82) is 0 Å². The maximum absolute atomic E-state index is 11.4. The van der Waals surface area contributed by atoms with Crippen LogP contribution in [-0.2, 0) is 9.59 Å². The second-order valence-electron chi connectivity index (χ2n) is 3.09. The van der Waals surface area contributed by atoms with E-state index in [1.165, 1.54) is 6.92 Å². The molecule has 1 aliphatic heterocycles. The molecule has 1 aliphatic carbocycles. The first-order valence-electron chi connectivity index (χ1n) is 4.25. The van der Waals surface area contributed by atoms with Crippen LogP contribution in [0.1, 0.15) is 6.92 Å². The molecular weight excluding hydrogens is 180 g/mol. The van der Waals surface area contributed by atoms with E-state index in [9.17, 15) is 9.59 Å². The van der Waals surface area contributed by atoms with E-state index in [0.29, 0.717) is 5.71 Å². The van der Waals surface area contributed by atoms with Gasteiger partial charge in [0.2, 0.25) is 0 Å². The van der Waals surface area contributed by atoms with Gasteiger partial charge < -0.3 is 0 Å². The lowest BCUT2D eigenvalue weighted by Crippen LogP contribution is -2.29. The number of amides is 1. The summed E-state index contributed by atoms with van der Waals surface area (Å²) in [5.74, 6) is -1.00. The number of amidine groups is 1. The highest BCUT2D eigenvalue weighted by atomic mass is 16.2. The summed E-state index contributed by atoms with van der Waals surface area (Å²) in [6.45, 7) is 1.35. The van der Waals surface area contributed by atoms with E-state index >= 15 is 0 Å². The normalized spacial score (nSPS) is 24.1. The van der Waals surface area contributed by atoms with Crippen molar-refractivity contribution in [3.05, 3.63) is 24.3 Å². The molecule has 1 heterocycles. The van der Waals surface area contributed by atoms with Gasteiger partial charge in [-0.05, 0) is 6.08 Å². The molecule has 0 aromatic heterocycles. The number of aliphatic imine (C=N–C) groups is 2. The maximum atomic E-state index is 11.4. The van der Waals surface area contributed by atoms with Gasteiger partial charge in [-0.3, -0.25) is 9.59 Å². The van der Waals surface area contributed by atoms with E-state index in [1.54, 1.807) is 24.3 Å². The first-order chi connectivity index (χ1) is 6.68. The van der Waals surface area contributed by atoms with Crippen molar-refractivity contribution in [2.75, 3.05) is 0 Å². The largest absolute Gasteiger partial charge is 0.291 e. The summed E-state index contributed by atoms with van der Waals surface area (Å²) in [7, 11) is 0. The summed E-state index contributed by atoms with van der Waals surface area (Å²) >= 11 is 0. The Bertz CT molecular complexity index is 427. The molecule has 0 N–H and O–H groups in total. The summed E-state index contributed by atoms with van der Waals surface area (Å²) in [4.78, 5) is 30.1. The van der Waals surface area contributed by atoms with Gasteiger partial charge in [0, 0.05) is 6.92 Å². The minimum absolute atomic E-state index is 0.00111. The number of nitrogens with zero attached hydrogens (tertiary/aromatic N) is 2. The zero-order valence-corrected chi connectivity index (χ0v) is 7.60. The number of Topliss-reactive ketones (excluding diaryl/α,β-unsaturated/α-hetero) is 1. The fraction of sp³-hybridized carbons (Fsp3) is 0.200. The quantitative estimate of drug-likeness (QED) is 0.608. The predicted octanol–water partition coefficient (Wildman–Crippen LogP) is 0.697. The van der Waals surface area contributed by atoms with Gasteiger partial charge in [-0.15, -0.1) is 0 Å². The molecule has 1 unspecified atom stereocenters. The zero-order chi connectivity index (χ0) is 10.1. The fourth-order valence-electron chi connectivity index (χ4n) is 1.33. The average Bonchev–Trinajstić information content (AvgIpc) is 2.17. The van der Waals surface area contributed by atoms with Crippen LogP contribution >= 0.6 is 0 Å². The van der Waals surface area contributed by atoms with Crippen LogP contribution in [0.5, 0.6) is 0 Å². The molecule has 0 bridgehead atoms. The third kappa shape index (κ3) is 1.35. The molecule has 4 nitrogen and oxygen atoms in total. The molecule has 0 aromatic rings. The first kappa shape index (κ1) is 8.74. The van der Waals surface area contributed by atoms with Crippen molar-refractivity contribution < 1.29 is 9.59 Å². The number of carbonyl (C=O) groups is 2. The van der Waals surface area contributed by atoms with E-state index in [0.717, 1.165) is 0 Å². The number of fused-ring (bicyclic) bond motifs is 1. The van der Waals surface area contributed by atoms with Gasteiger partial charge in [0.15, 0.2) is 11.6 Å². The average molecular weight is 188 g/mol. The predicted molar refractivity (Wildman–Crippen MR) is 52.3 cm³/mol. The number of hydrogen-bond donors (Lipinski definition) is 0. The van der Waals surface area contributed by atoms with Crippen molar-refractivity contribution in [2.24, 2.45) is 15.9 Å². The Morgan fingerprint density at radius 3 is 2.86 bits per heavy atom. The highest BCUT2D eigenvalue weighted by molar-refractivity contribution is 6.44. The summed E-state index contributed by atoms with van der Waals surface area (Å²) in [5, 5.41) is 0. The van der Waals surface area contributed by atoms with Crippen molar-refractivity contribution >= 4 is 23.2 Å². The van der Waals surface area contributed by atoms with Crippen LogP contribution in [0.4, 0.5) is 0 Å². The molecule has 14 heavy (non-hydrogen) atoms. The van der Waals surface area contributed by atoms with Gasteiger partial charge >= 0.3 is 0 Å². The summed E-state index contributed by atoms with van der Waals surface area (Å²) < 4.78 is 0. The lowest BCUT2D eigenvalue weighted by atomic mass is 9.96. The van der Waals surface area contributed by atoms with Gasteiger partial charge in [0.05, 0.1) is 5.71 Å². The first-order valence-corrected chi connectivity index (χ1v) is 4.25. The highest BCUT2D eigenvalue weighted by Crippen LogP contribution is 2.16. The van der Waals surface area contributed by atoms with Crippen LogP contribution in [0, 0.1) is 5.92 Å². The minimum Gasteiger partial charge on any atom is -0.291 e. The number of ketones is 1. The van der Waals surface area contributed by atoms with Gasteiger partial charge in [-0.2, -0.15) is 4.99 Å². The van der Waals surface area contributed by atoms with Gasteiger partial charge in [-0.25, -0.2) is 4.99 Å². The Labute approximate surface area is 80.7 Å².